The third kappa shape index (κ3) is 9.21. The maximum atomic E-state index is 13.3. The summed E-state index contributed by atoms with van der Waals surface area (Å²) in [4.78, 5) is 14.2. The van der Waals surface area contributed by atoms with E-state index in [2.05, 4.69) is 51.4 Å². The van der Waals surface area contributed by atoms with E-state index < -0.39 is 16.0 Å². The second kappa shape index (κ2) is 16.9. The van der Waals surface area contributed by atoms with Crippen molar-refractivity contribution in [3.8, 4) is 5.75 Å². The molecule has 0 bridgehead atoms. The molecule has 0 amide bonds. The number of halogens is 1. The second-order valence-corrected chi connectivity index (χ2v) is 15.7. The zero-order chi connectivity index (χ0) is 35.8. The Labute approximate surface area is 306 Å². The molecule has 1 aliphatic rings. The number of hydrogen-bond donors (Lipinski definition) is 1. The SMILES string of the molecule is COC(=O)c1ccc(OCCc2c(CCNS(=O)(=O)CCN3CCCC(C)C3)n(C(c3ccccc3)c3ccccc3)c3ccc(Cl)cc23)cc1. The van der Waals surface area contributed by atoms with Crippen LogP contribution in [0, 0.1) is 5.92 Å². The summed E-state index contributed by atoms with van der Waals surface area (Å²) in [5, 5.41) is 1.62. The smallest absolute Gasteiger partial charge is 0.337 e. The molecule has 4 aromatic carbocycles. The van der Waals surface area contributed by atoms with Gasteiger partial charge in [0.2, 0.25) is 10.0 Å². The van der Waals surface area contributed by atoms with Gasteiger partial charge in [0.1, 0.15) is 5.75 Å². The maximum absolute atomic E-state index is 13.3. The largest absolute Gasteiger partial charge is 0.493 e. The van der Waals surface area contributed by atoms with Gasteiger partial charge >= 0.3 is 5.97 Å². The number of benzene rings is 4. The van der Waals surface area contributed by atoms with Gasteiger partial charge in [-0.05, 0) is 84.5 Å². The molecule has 1 aromatic heterocycles. The van der Waals surface area contributed by atoms with E-state index in [0.717, 1.165) is 52.8 Å². The van der Waals surface area contributed by atoms with Crippen LogP contribution in [0.2, 0.25) is 5.02 Å². The molecule has 0 saturated carbocycles. The molecule has 8 nitrogen and oxygen atoms in total. The van der Waals surface area contributed by atoms with Crippen LogP contribution in [0.3, 0.4) is 0 Å². The highest BCUT2D eigenvalue weighted by Gasteiger charge is 2.26. The number of fused-ring (bicyclic) bond motifs is 1. The first-order chi connectivity index (χ1) is 24.7. The van der Waals surface area contributed by atoms with E-state index in [4.69, 9.17) is 21.1 Å². The first-order valence-electron chi connectivity index (χ1n) is 17.6. The Morgan fingerprint density at radius 1 is 0.941 bits per heavy atom. The number of rotatable bonds is 15. The highest BCUT2D eigenvalue weighted by atomic mass is 35.5. The van der Waals surface area contributed by atoms with Gasteiger partial charge in [0, 0.05) is 54.1 Å². The summed E-state index contributed by atoms with van der Waals surface area (Å²) in [7, 11) is -2.14. The Bertz CT molecular complexity index is 1980. The molecule has 0 aliphatic carbocycles. The predicted octanol–water partition coefficient (Wildman–Crippen LogP) is 7.53. The van der Waals surface area contributed by atoms with Crippen LogP contribution >= 0.6 is 11.6 Å². The minimum atomic E-state index is -3.50. The van der Waals surface area contributed by atoms with Gasteiger partial charge in [0.15, 0.2) is 0 Å². The topological polar surface area (TPSA) is 89.9 Å². The molecule has 1 N–H and O–H groups in total. The molecule has 2 heterocycles. The van der Waals surface area contributed by atoms with E-state index in [1.54, 1.807) is 24.3 Å². The molecule has 10 heteroatoms. The van der Waals surface area contributed by atoms with Crippen molar-refractivity contribution in [1.82, 2.24) is 14.2 Å². The molecule has 0 radical (unpaired) electrons. The van der Waals surface area contributed by atoms with Crippen LogP contribution in [0.4, 0.5) is 0 Å². The number of aromatic nitrogens is 1. The minimum Gasteiger partial charge on any atom is -0.493 e. The van der Waals surface area contributed by atoms with Crippen molar-refractivity contribution in [2.45, 2.75) is 38.6 Å². The third-order valence-corrected chi connectivity index (χ3v) is 11.3. The molecule has 268 valence electrons. The highest BCUT2D eigenvalue weighted by molar-refractivity contribution is 7.89. The van der Waals surface area contributed by atoms with Crippen molar-refractivity contribution in [3.63, 3.8) is 0 Å². The maximum Gasteiger partial charge on any atom is 0.337 e. The van der Waals surface area contributed by atoms with Gasteiger partial charge in [-0.1, -0.05) is 79.2 Å². The molecular formula is C41H46ClN3O5S. The first-order valence-corrected chi connectivity index (χ1v) is 19.7. The van der Waals surface area contributed by atoms with Crippen LogP contribution in [0.25, 0.3) is 10.9 Å². The lowest BCUT2D eigenvalue weighted by Gasteiger charge is -2.30. The van der Waals surface area contributed by atoms with E-state index in [1.807, 2.05) is 48.5 Å². The quantitative estimate of drug-likeness (QED) is 0.112. The molecule has 1 atom stereocenters. The zero-order valence-corrected chi connectivity index (χ0v) is 30.8. The summed E-state index contributed by atoms with van der Waals surface area (Å²) in [5.41, 5.74) is 5.75. The number of methoxy groups -OCH3 is 1. The third-order valence-electron chi connectivity index (χ3n) is 9.67. The molecule has 1 aliphatic heterocycles. The van der Waals surface area contributed by atoms with Crippen molar-refractivity contribution >= 4 is 38.5 Å². The van der Waals surface area contributed by atoms with E-state index in [-0.39, 0.29) is 18.3 Å². The van der Waals surface area contributed by atoms with Crippen molar-refractivity contribution < 1.29 is 22.7 Å². The summed E-state index contributed by atoms with van der Waals surface area (Å²) in [6.45, 7) is 5.26. The van der Waals surface area contributed by atoms with Crippen LogP contribution in [0.5, 0.6) is 5.75 Å². The van der Waals surface area contributed by atoms with Gasteiger partial charge in [0.25, 0.3) is 0 Å². The molecule has 1 saturated heterocycles. The van der Waals surface area contributed by atoms with E-state index in [0.29, 0.717) is 48.2 Å². The van der Waals surface area contributed by atoms with Gasteiger partial charge in [-0.25, -0.2) is 17.9 Å². The average Bonchev–Trinajstić information content (AvgIpc) is 3.43. The summed E-state index contributed by atoms with van der Waals surface area (Å²) in [6, 6.07) is 33.4. The van der Waals surface area contributed by atoms with Gasteiger partial charge in [-0.15, -0.1) is 0 Å². The number of ether oxygens (including phenoxy) is 2. The van der Waals surface area contributed by atoms with Crippen molar-refractivity contribution in [2.24, 2.45) is 5.92 Å². The zero-order valence-electron chi connectivity index (χ0n) is 29.3. The first kappa shape index (κ1) is 36.6. The van der Waals surface area contributed by atoms with E-state index in [9.17, 15) is 13.2 Å². The number of sulfonamides is 1. The van der Waals surface area contributed by atoms with Crippen molar-refractivity contribution in [2.75, 3.05) is 45.6 Å². The van der Waals surface area contributed by atoms with Gasteiger partial charge in [0.05, 0.1) is 31.1 Å². The number of nitrogens with zero attached hydrogens (tertiary/aromatic N) is 2. The van der Waals surface area contributed by atoms with Gasteiger partial charge in [-0.2, -0.15) is 0 Å². The molecule has 5 aromatic rings. The highest BCUT2D eigenvalue weighted by Crippen LogP contribution is 2.38. The van der Waals surface area contributed by atoms with Crippen LogP contribution in [-0.4, -0.2) is 69.5 Å². The van der Waals surface area contributed by atoms with Crippen LogP contribution in [0.1, 0.15) is 58.5 Å². The fraction of sp³-hybridized carbons (Fsp3) is 0.341. The number of esters is 1. The Balaban J connectivity index is 1.34. The number of nitrogens with one attached hydrogen (secondary N) is 1. The Morgan fingerprint density at radius 3 is 2.27 bits per heavy atom. The monoisotopic (exact) mass is 727 g/mol. The fourth-order valence-electron chi connectivity index (χ4n) is 7.22. The summed E-state index contributed by atoms with van der Waals surface area (Å²) < 4.78 is 42.9. The van der Waals surface area contributed by atoms with Crippen LogP contribution in [0.15, 0.2) is 103 Å². The Kier molecular flexibility index (Phi) is 12.1. The Hall–Kier alpha value is -4.15. The molecule has 1 fully saturated rings. The second-order valence-electron chi connectivity index (χ2n) is 13.3. The lowest BCUT2D eigenvalue weighted by atomic mass is 9.97. The number of hydrogen-bond acceptors (Lipinski definition) is 6. The summed E-state index contributed by atoms with van der Waals surface area (Å²) in [6.07, 6.45) is 3.32. The van der Waals surface area contributed by atoms with Crippen LogP contribution in [-0.2, 0) is 27.6 Å². The number of piperidine rings is 1. The lowest BCUT2D eigenvalue weighted by molar-refractivity contribution is 0.0600. The Morgan fingerprint density at radius 2 is 1.63 bits per heavy atom. The lowest BCUT2D eigenvalue weighted by Crippen LogP contribution is -2.40. The number of carbonyl (C=O) groups is 1. The minimum absolute atomic E-state index is 0.0738. The van der Waals surface area contributed by atoms with E-state index >= 15 is 0 Å². The van der Waals surface area contributed by atoms with E-state index in [1.165, 1.54) is 13.5 Å². The molecular weight excluding hydrogens is 682 g/mol. The van der Waals surface area contributed by atoms with Gasteiger partial charge in [-0.3, -0.25) is 0 Å². The van der Waals surface area contributed by atoms with Crippen molar-refractivity contribution in [3.05, 3.63) is 136 Å². The number of carbonyl (C=O) groups excluding carboxylic acids is 1. The van der Waals surface area contributed by atoms with Gasteiger partial charge < -0.3 is 18.9 Å². The molecule has 6 rings (SSSR count). The predicted molar refractivity (Wildman–Crippen MR) is 204 cm³/mol. The van der Waals surface area contributed by atoms with Crippen LogP contribution < -0.4 is 9.46 Å². The molecule has 1 unspecified atom stereocenters. The van der Waals surface area contributed by atoms with Crippen molar-refractivity contribution in [1.29, 1.82) is 0 Å². The summed E-state index contributed by atoms with van der Waals surface area (Å²) >= 11 is 6.65. The number of likely N-dealkylation sites (tertiary alicyclic amines) is 1. The summed E-state index contributed by atoms with van der Waals surface area (Å²) in [5.74, 6) is 0.894. The standard InChI is InChI=1S/C41H46ClN3O5S/c1-30-10-9-24-44(29-30)25-27-51(47,48)43-23-21-39-36(22-26-50-35-18-15-33(16-19-35)41(46)49-2)37-28-34(42)17-20-38(37)45(39)40(31-11-5-3-6-12-31)32-13-7-4-8-14-32/h3-8,11-20,28,30,40,43H,9-10,21-27,29H2,1-2H3. The normalized spacial score (nSPS) is 15.3. The average molecular weight is 728 g/mol. The molecule has 51 heavy (non-hydrogen) atoms. The fourth-order valence-corrected chi connectivity index (χ4v) is 8.45. The molecule has 0 spiro atoms.